The number of nitrogens with two attached hydrogens (primary N) is 1. The molecule has 0 aliphatic rings. The second-order valence-corrected chi connectivity index (χ2v) is 4.94. The number of benzene rings is 1. The van der Waals surface area contributed by atoms with E-state index in [1.165, 1.54) is 0 Å². The predicted octanol–water partition coefficient (Wildman–Crippen LogP) is 2.04. The summed E-state index contributed by atoms with van der Waals surface area (Å²) in [7, 11) is 0. The Balaban J connectivity index is 2.16. The molecule has 0 saturated heterocycles. The van der Waals surface area contributed by atoms with Crippen LogP contribution in [-0.4, -0.2) is 11.0 Å². The van der Waals surface area contributed by atoms with E-state index < -0.39 is 5.76 Å². The lowest BCUT2D eigenvalue weighted by Gasteiger charge is -2.13. The maximum atomic E-state index is 11.0. The van der Waals surface area contributed by atoms with E-state index in [1.807, 2.05) is 18.2 Å². The van der Waals surface area contributed by atoms with E-state index in [-0.39, 0.29) is 6.04 Å². The van der Waals surface area contributed by atoms with Gasteiger partial charge in [0.15, 0.2) is 5.58 Å². The SMILES string of the molecule is CC(C)CC(N)Cc1ccc2[nH]c(=O)oc2c1. The third-order valence-electron chi connectivity index (χ3n) is 2.76. The first-order chi connectivity index (χ1) is 8.04. The summed E-state index contributed by atoms with van der Waals surface area (Å²) in [5.74, 6) is 0.183. The van der Waals surface area contributed by atoms with E-state index in [4.69, 9.17) is 10.2 Å². The minimum absolute atomic E-state index is 0.151. The molecule has 17 heavy (non-hydrogen) atoms. The number of hydrogen-bond donors (Lipinski definition) is 2. The van der Waals surface area contributed by atoms with Crippen molar-refractivity contribution < 1.29 is 4.42 Å². The molecule has 3 N–H and O–H groups in total. The van der Waals surface area contributed by atoms with Gasteiger partial charge in [0.2, 0.25) is 0 Å². The number of H-pyrrole nitrogens is 1. The molecule has 2 rings (SSSR count). The summed E-state index contributed by atoms with van der Waals surface area (Å²) >= 11 is 0. The van der Waals surface area contributed by atoms with Gasteiger partial charge in [0.25, 0.3) is 0 Å². The fraction of sp³-hybridized carbons (Fsp3) is 0.462. The highest BCUT2D eigenvalue weighted by Gasteiger charge is 2.08. The number of nitrogens with one attached hydrogen (secondary N) is 1. The van der Waals surface area contributed by atoms with Crippen LogP contribution in [0, 0.1) is 5.92 Å². The van der Waals surface area contributed by atoms with Crippen LogP contribution < -0.4 is 11.5 Å². The number of hydrogen-bond acceptors (Lipinski definition) is 3. The van der Waals surface area contributed by atoms with Gasteiger partial charge in [-0.1, -0.05) is 19.9 Å². The zero-order valence-corrected chi connectivity index (χ0v) is 10.2. The summed E-state index contributed by atoms with van der Waals surface area (Å²) in [5.41, 5.74) is 8.49. The Labute approximate surface area is 99.8 Å². The molecule has 1 aromatic carbocycles. The lowest BCUT2D eigenvalue weighted by atomic mass is 9.98. The van der Waals surface area contributed by atoms with Crippen molar-refractivity contribution in [3.8, 4) is 0 Å². The van der Waals surface area contributed by atoms with Crippen molar-refractivity contribution in [2.45, 2.75) is 32.7 Å². The highest BCUT2D eigenvalue weighted by molar-refractivity contribution is 5.72. The molecule has 1 aromatic heterocycles. The van der Waals surface area contributed by atoms with Gasteiger partial charge >= 0.3 is 5.76 Å². The van der Waals surface area contributed by atoms with Crippen LogP contribution in [0.5, 0.6) is 0 Å². The van der Waals surface area contributed by atoms with Crippen molar-refractivity contribution in [1.29, 1.82) is 0 Å². The van der Waals surface area contributed by atoms with Crippen molar-refractivity contribution in [3.05, 3.63) is 34.3 Å². The Morgan fingerprint density at radius 3 is 2.88 bits per heavy atom. The standard InChI is InChI=1S/C13H18N2O2/c1-8(2)5-10(14)6-9-3-4-11-12(7-9)17-13(16)15-11/h3-4,7-8,10H,5-6,14H2,1-2H3,(H,15,16). The summed E-state index contributed by atoms with van der Waals surface area (Å²) in [6.45, 7) is 4.32. The van der Waals surface area contributed by atoms with Gasteiger partial charge < -0.3 is 10.2 Å². The van der Waals surface area contributed by atoms with Gasteiger partial charge in [-0.25, -0.2) is 4.79 Å². The highest BCUT2D eigenvalue weighted by Crippen LogP contribution is 2.15. The Hall–Kier alpha value is -1.55. The van der Waals surface area contributed by atoms with Crippen molar-refractivity contribution >= 4 is 11.1 Å². The van der Waals surface area contributed by atoms with Crippen LogP contribution in [-0.2, 0) is 6.42 Å². The lowest BCUT2D eigenvalue weighted by Crippen LogP contribution is -2.24. The molecule has 0 bridgehead atoms. The molecule has 0 aliphatic heterocycles. The molecular weight excluding hydrogens is 216 g/mol. The minimum atomic E-state index is -0.413. The first-order valence-electron chi connectivity index (χ1n) is 5.92. The van der Waals surface area contributed by atoms with Gasteiger partial charge in [0, 0.05) is 6.04 Å². The van der Waals surface area contributed by atoms with Gasteiger partial charge in [0.05, 0.1) is 5.52 Å². The number of oxazole rings is 1. The Morgan fingerprint density at radius 2 is 2.18 bits per heavy atom. The van der Waals surface area contributed by atoms with Crippen LogP contribution >= 0.6 is 0 Å². The van der Waals surface area contributed by atoms with Crippen molar-refractivity contribution in [3.63, 3.8) is 0 Å². The summed E-state index contributed by atoms with van der Waals surface area (Å²) in [6.07, 6.45) is 1.80. The first kappa shape index (κ1) is 11.9. The molecule has 2 aromatic rings. The van der Waals surface area contributed by atoms with E-state index >= 15 is 0 Å². The van der Waals surface area contributed by atoms with Crippen LogP contribution in [0.3, 0.4) is 0 Å². The Kier molecular flexibility index (Phi) is 3.33. The second kappa shape index (κ2) is 4.75. The summed E-state index contributed by atoms with van der Waals surface area (Å²) in [5, 5.41) is 0. The van der Waals surface area contributed by atoms with Crippen LogP contribution in [0.2, 0.25) is 0 Å². The fourth-order valence-electron chi connectivity index (χ4n) is 2.11. The molecule has 0 aliphatic carbocycles. The second-order valence-electron chi connectivity index (χ2n) is 4.94. The van der Waals surface area contributed by atoms with E-state index in [9.17, 15) is 4.79 Å². The van der Waals surface area contributed by atoms with Gasteiger partial charge in [-0.15, -0.1) is 0 Å². The van der Waals surface area contributed by atoms with Crippen LogP contribution in [0.4, 0.5) is 0 Å². The Morgan fingerprint density at radius 1 is 1.41 bits per heavy atom. The van der Waals surface area contributed by atoms with E-state index in [1.54, 1.807) is 0 Å². The van der Waals surface area contributed by atoms with Crippen LogP contribution in [0.25, 0.3) is 11.1 Å². The van der Waals surface area contributed by atoms with Crippen molar-refractivity contribution in [1.82, 2.24) is 4.98 Å². The van der Waals surface area contributed by atoms with Gasteiger partial charge in [-0.3, -0.25) is 4.98 Å². The number of aromatic amines is 1. The molecule has 92 valence electrons. The quantitative estimate of drug-likeness (QED) is 0.850. The molecular formula is C13H18N2O2. The van der Waals surface area contributed by atoms with Gasteiger partial charge in [-0.2, -0.15) is 0 Å². The third-order valence-corrected chi connectivity index (χ3v) is 2.76. The largest absolute Gasteiger partial charge is 0.417 e. The normalized spacial score (nSPS) is 13.4. The maximum Gasteiger partial charge on any atom is 0.417 e. The molecule has 0 spiro atoms. The molecule has 4 nitrogen and oxygen atoms in total. The van der Waals surface area contributed by atoms with Crippen LogP contribution in [0.15, 0.2) is 27.4 Å². The molecule has 1 heterocycles. The molecule has 1 atom stereocenters. The molecule has 0 amide bonds. The number of aromatic nitrogens is 1. The topological polar surface area (TPSA) is 72.0 Å². The Bertz CT molecular complexity index is 554. The van der Waals surface area contributed by atoms with Gasteiger partial charge in [-0.05, 0) is 36.5 Å². The van der Waals surface area contributed by atoms with E-state index in [0.29, 0.717) is 11.5 Å². The van der Waals surface area contributed by atoms with Crippen molar-refractivity contribution in [2.75, 3.05) is 0 Å². The third kappa shape index (κ3) is 2.97. The van der Waals surface area contributed by atoms with E-state index in [2.05, 4.69) is 18.8 Å². The van der Waals surface area contributed by atoms with E-state index in [0.717, 1.165) is 23.9 Å². The average Bonchev–Trinajstić information content (AvgIpc) is 2.55. The smallest absolute Gasteiger partial charge is 0.408 e. The first-order valence-corrected chi connectivity index (χ1v) is 5.92. The number of fused-ring (bicyclic) bond motifs is 1. The van der Waals surface area contributed by atoms with Gasteiger partial charge in [0.1, 0.15) is 0 Å². The molecule has 0 fully saturated rings. The van der Waals surface area contributed by atoms with Crippen LogP contribution in [0.1, 0.15) is 25.8 Å². The maximum absolute atomic E-state index is 11.0. The summed E-state index contributed by atoms with van der Waals surface area (Å²) < 4.78 is 5.02. The zero-order chi connectivity index (χ0) is 12.4. The average molecular weight is 234 g/mol. The monoisotopic (exact) mass is 234 g/mol. The minimum Gasteiger partial charge on any atom is -0.408 e. The highest BCUT2D eigenvalue weighted by atomic mass is 16.4. The molecule has 0 saturated carbocycles. The predicted molar refractivity (Wildman–Crippen MR) is 68.0 cm³/mol. The van der Waals surface area contributed by atoms with Crippen molar-refractivity contribution in [2.24, 2.45) is 11.7 Å². The molecule has 1 unspecified atom stereocenters. The molecule has 0 radical (unpaired) electrons. The zero-order valence-electron chi connectivity index (χ0n) is 10.2. The summed E-state index contributed by atoms with van der Waals surface area (Å²) in [6, 6.07) is 5.87. The summed E-state index contributed by atoms with van der Waals surface area (Å²) in [4.78, 5) is 13.6. The molecule has 4 heteroatoms. The number of rotatable bonds is 4. The lowest BCUT2D eigenvalue weighted by molar-refractivity contribution is 0.493. The fourth-order valence-corrected chi connectivity index (χ4v) is 2.11.